The summed E-state index contributed by atoms with van der Waals surface area (Å²) in [6.07, 6.45) is 1.62. The second kappa shape index (κ2) is 5.39. The van der Waals surface area contributed by atoms with Crippen molar-refractivity contribution in [2.45, 2.75) is 25.8 Å². The predicted molar refractivity (Wildman–Crippen MR) is 73.5 cm³/mol. The number of furan rings is 1. The molecule has 1 heterocycles. The minimum absolute atomic E-state index is 0.0878. The third kappa shape index (κ3) is 2.71. The number of nitrogens with two attached hydrogens (primary N) is 1. The van der Waals surface area contributed by atoms with Crippen LogP contribution in [0, 0.1) is 11.8 Å². The summed E-state index contributed by atoms with van der Waals surface area (Å²) >= 11 is 3.47. The van der Waals surface area contributed by atoms with Crippen LogP contribution in [0.5, 0.6) is 0 Å². The molecule has 88 valence electrons. The van der Waals surface area contributed by atoms with Crippen LogP contribution in [-0.2, 0) is 0 Å². The van der Waals surface area contributed by atoms with Gasteiger partial charge in [0, 0.05) is 11.8 Å². The van der Waals surface area contributed by atoms with Crippen molar-refractivity contribution in [3.63, 3.8) is 0 Å². The average molecular weight is 292 g/mol. The summed E-state index contributed by atoms with van der Waals surface area (Å²) < 4.78 is 6.73. The highest BCUT2D eigenvalue weighted by Crippen LogP contribution is 2.30. The van der Waals surface area contributed by atoms with E-state index in [1.54, 1.807) is 0 Å². The Morgan fingerprint density at radius 2 is 2.29 bits per heavy atom. The molecular weight excluding hydrogens is 278 g/mol. The minimum Gasteiger partial charge on any atom is -0.458 e. The lowest BCUT2D eigenvalue weighted by molar-refractivity contribution is 0.481. The Morgan fingerprint density at radius 3 is 3.00 bits per heavy atom. The molecule has 2 nitrogen and oxygen atoms in total. The van der Waals surface area contributed by atoms with Crippen molar-refractivity contribution in [2.75, 3.05) is 0 Å². The number of rotatable bonds is 3. The third-order valence-corrected chi connectivity index (χ3v) is 3.26. The Labute approximate surface area is 109 Å². The normalized spacial score (nSPS) is 12.2. The van der Waals surface area contributed by atoms with Gasteiger partial charge in [0.2, 0.25) is 0 Å². The maximum atomic E-state index is 6.07. The monoisotopic (exact) mass is 291 g/mol. The van der Waals surface area contributed by atoms with Gasteiger partial charge in [0.15, 0.2) is 0 Å². The van der Waals surface area contributed by atoms with Crippen molar-refractivity contribution >= 4 is 26.9 Å². The van der Waals surface area contributed by atoms with E-state index in [9.17, 15) is 0 Å². The Morgan fingerprint density at radius 1 is 1.47 bits per heavy atom. The summed E-state index contributed by atoms with van der Waals surface area (Å²) in [6, 6.07) is 7.88. The molecule has 0 aliphatic heterocycles. The standard InChI is InChI=1S/C14H14BrNO/c1-2-3-4-8-12(16)13-9-10-6-5-7-11(15)14(10)17-13/h5-7,9,12H,4,8,16H2,1H3. The molecule has 2 aromatic rings. The number of halogens is 1. The van der Waals surface area contributed by atoms with Gasteiger partial charge in [-0.3, -0.25) is 0 Å². The van der Waals surface area contributed by atoms with Crippen LogP contribution in [0.2, 0.25) is 0 Å². The van der Waals surface area contributed by atoms with E-state index in [0.717, 1.165) is 34.0 Å². The molecule has 0 spiro atoms. The first kappa shape index (κ1) is 12.2. The fourth-order valence-corrected chi connectivity index (χ4v) is 2.19. The molecule has 1 atom stereocenters. The Bertz CT molecular complexity index is 577. The van der Waals surface area contributed by atoms with Gasteiger partial charge < -0.3 is 10.2 Å². The highest BCUT2D eigenvalue weighted by atomic mass is 79.9. The van der Waals surface area contributed by atoms with E-state index in [0.29, 0.717) is 0 Å². The first-order valence-corrected chi connectivity index (χ1v) is 6.35. The summed E-state index contributed by atoms with van der Waals surface area (Å²) in [7, 11) is 0. The quantitative estimate of drug-likeness (QED) is 0.868. The van der Waals surface area contributed by atoms with Gasteiger partial charge in [-0.05, 0) is 41.4 Å². The largest absolute Gasteiger partial charge is 0.458 e. The molecule has 0 radical (unpaired) electrons. The van der Waals surface area contributed by atoms with Crippen molar-refractivity contribution in [3.05, 3.63) is 34.5 Å². The molecule has 0 fully saturated rings. The Balaban J connectivity index is 2.23. The van der Waals surface area contributed by atoms with Gasteiger partial charge in [-0.2, -0.15) is 0 Å². The molecule has 0 amide bonds. The van der Waals surface area contributed by atoms with Crippen LogP contribution >= 0.6 is 15.9 Å². The average Bonchev–Trinajstić information content (AvgIpc) is 2.75. The fourth-order valence-electron chi connectivity index (χ4n) is 1.73. The lowest BCUT2D eigenvalue weighted by Gasteiger charge is -2.04. The summed E-state index contributed by atoms with van der Waals surface area (Å²) in [5, 5.41) is 1.08. The molecule has 1 aromatic heterocycles. The molecule has 3 heteroatoms. The molecule has 1 unspecified atom stereocenters. The third-order valence-electron chi connectivity index (χ3n) is 2.64. The number of hydrogen-bond acceptors (Lipinski definition) is 2. The zero-order chi connectivity index (χ0) is 12.3. The van der Waals surface area contributed by atoms with E-state index in [1.807, 2.05) is 31.2 Å². The smallest absolute Gasteiger partial charge is 0.148 e. The van der Waals surface area contributed by atoms with Crippen molar-refractivity contribution in [2.24, 2.45) is 5.73 Å². The summed E-state index contributed by atoms with van der Waals surface area (Å²) in [5.41, 5.74) is 6.93. The zero-order valence-corrected chi connectivity index (χ0v) is 11.3. The molecule has 0 aliphatic carbocycles. The van der Waals surface area contributed by atoms with E-state index in [1.165, 1.54) is 0 Å². The fraction of sp³-hybridized carbons (Fsp3) is 0.286. The van der Waals surface area contributed by atoms with Crippen molar-refractivity contribution < 1.29 is 4.42 Å². The zero-order valence-electron chi connectivity index (χ0n) is 9.66. The van der Waals surface area contributed by atoms with E-state index >= 15 is 0 Å². The summed E-state index contributed by atoms with van der Waals surface area (Å²) in [5.74, 6) is 6.70. The number of benzene rings is 1. The second-order valence-corrected chi connectivity index (χ2v) is 4.73. The van der Waals surface area contributed by atoms with Gasteiger partial charge in [0.25, 0.3) is 0 Å². The van der Waals surface area contributed by atoms with E-state index < -0.39 is 0 Å². The highest BCUT2D eigenvalue weighted by molar-refractivity contribution is 9.10. The summed E-state index contributed by atoms with van der Waals surface area (Å²) in [6.45, 7) is 1.84. The lowest BCUT2D eigenvalue weighted by atomic mass is 10.1. The van der Waals surface area contributed by atoms with Gasteiger partial charge in [0.1, 0.15) is 11.3 Å². The second-order valence-electron chi connectivity index (χ2n) is 3.88. The van der Waals surface area contributed by atoms with Crippen molar-refractivity contribution in [1.82, 2.24) is 0 Å². The molecular formula is C14H14BrNO. The van der Waals surface area contributed by atoms with Crippen molar-refractivity contribution in [3.8, 4) is 11.8 Å². The van der Waals surface area contributed by atoms with Crippen LogP contribution < -0.4 is 5.73 Å². The van der Waals surface area contributed by atoms with Gasteiger partial charge in [-0.25, -0.2) is 0 Å². The molecule has 17 heavy (non-hydrogen) atoms. The van der Waals surface area contributed by atoms with Gasteiger partial charge in [-0.1, -0.05) is 12.1 Å². The number of hydrogen-bond donors (Lipinski definition) is 1. The predicted octanol–water partition coefficient (Wildman–Crippen LogP) is 4.00. The number of fused-ring (bicyclic) bond motifs is 1. The van der Waals surface area contributed by atoms with Crippen LogP contribution in [-0.4, -0.2) is 0 Å². The number of para-hydroxylation sites is 1. The maximum absolute atomic E-state index is 6.07. The minimum atomic E-state index is -0.0878. The summed E-state index contributed by atoms with van der Waals surface area (Å²) in [4.78, 5) is 0. The van der Waals surface area contributed by atoms with Crippen LogP contribution in [0.3, 0.4) is 0 Å². The maximum Gasteiger partial charge on any atom is 0.148 e. The topological polar surface area (TPSA) is 39.2 Å². The van der Waals surface area contributed by atoms with E-state index in [-0.39, 0.29) is 6.04 Å². The van der Waals surface area contributed by atoms with Gasteiger partial charge >= 0.3 is 0 Å². The molecule has 1 aromatic carbocycles. The lowest BCUT2D eigenvalue weighted by Crippen LogP contribution is -2.08. The molecule has 2 N–H and O–H groups in total. The molecule has 0 saturated carbocycles. The van der Waals surface area contributed by atoms with Crippen molar-refractivity contribution in [1.29, 1.82) is 0 Å². The van der Waals surface area contributed by atoms with E-state index in [4.69, 9.17) is 10.2 Å². The van der Waals surface area contributed by atoms with Crippen LogP contribution in [0.25, 0.3) is 11.0 Å². The van der Waals surface area contributed by atoms with Crippen LogP contribution in [0.1, 0.15) is 31.6 Å². The SMILES string of the molecule is CC#CCCC(N)c1cc2cccc(Br)c2o1. The Hall–Kier alpha value is -1.24. The van der Waals surface area contributed by atoms with Crippen LogP contribution in [0.4, 0.5) is 0 Å². The van der Waals surface area contributed by atoms with Gasteiger partial charge in [0.05, 0.1) is 10.5 Å². The first-order chi connectivity index (χ1) is 8.22. The van der Waals surface area contributed by atoms with Crippen LogP contribution in [0.15, 0.2) is 33.2 Å². The molecule has 0 aliphatic rings. The van der Waals surface area contributed by atoms with E-state index in [2.05, 4.69) is 27.8 Å². The molecule has 0 saturated heterocycles. The Kier molecular flexibility index (Phi) is 3.88. The first-order valence-electron chi connectivity index (χ1n) is 5.55. The molecule has 2 rings (SSSR count). The van der Waals surface area contributed by atoms with Gasteiger partial charge in [-0.15, -0.1) is 11.8 Å². The molecule has 0 bridgehead atoms. The highest BCUT2D eigenvalue weighted by Gasteiger charge is 2.12.